The van der Waals surface area contributed by atoms with E-state index in [1.54, 1.807) is 20.8 Å². The summed E-state index contributed by atoms with van der Waals surface area (Å²) in [4.78, 5) is 47.5. The molecule has 2 bridgehead atoms. The van der Waals surface area contributed by atoms with Gasteiger partial charge >= 0.3 is 12.1 Å². The van der Waals surface area contributed by atoms with E-state index in [1.807, 2.05) is 0 Å². The van der Waals surface area contributed by atoms with Gasteiger partial charge in [-0.25, -0.2) is 9.78 Å². The second kappa shape index (κ2) is 7.61. The van der Waals surface area contributed by atoms with Crippen molar-refractivity contribution in [2.45, 2.75) is 51.3 Å². The average Bonchev–Trinajstić information content (AvgIpc) is 3.21. The molecule has 0 spiro atoms. The Morgan fingerprint density at radius 2 is 1.82 bits per heavy atom. The molecule has 0 radical (unpaired) electrons. The van der Waals surface area contributed by atoms with Crippen molar-refractivity contribution in [2.24, 2.45) is 11.8 Å². The monoisotopic (exact) mass is 391 g/mol. The minimum Gasteiger partial charge on any atom is -0.469 e. The van der Waals surface area contributed by atoms with Crippen LogP contribution in [0.5, 0.6) is 0 Å². The third-order valence-electron chi connectivity index (χ3n) is 4.95. The first-order valence-corrected chi connectivity index (χ1v) is 9.14. The molecule has 1 aromatic rings. The zero-order valence-corrected chi connectivity index (χ0v) is 16.3. The van der Waals surface area contributed by atoms with E-state index in [4.69, 9.17) is 9.47 Å². The molecule has 2 saturated heterocycles. The van der Waals surface area contributed by atoms with Crippen molar-refractivity contribution in [1.29, 1.82) is 0 Å². The highest BCUT2D eigenvalue weighted by Gasteiger charge is 2.61. The fraction of sp³-hybridized carbons (Fsp3) is 0.611. The van der Waals surface area contributed by atoms with E-state index in [0.29, 0.717) is 18.7 Å². The number of nitrogens with one attached hydrogen (secondary N) is 2. The van der Waals surface area contributed by atoms with Crippen molar-refractivity contribution in [3.8, 4) is 0 Å². The van der Waals surface area contributed by atoms with Crippen molar-refractivity contribution in [2.75, 3.05) is 12.5 Å². The molecule has 0 unspecified atom stereocenters. The Kier molecular flexibility index (Phi) is 5.39. The van der Waals surface area contributed by atoms with Crippen LogP contribution in [0.1, 0.15) is 33.6 Å². The van der Waals surface area contributed by atoms with Crippen LogP contribution in [0.3, 0.4) is 0 Å². The van der Waals surface area contributed by atoms with Gasteiger partial charge in [-0.05, 0) is 33.6 Å². The Bertz CT molecular complexity index is 750. The number of carbonyl (C=O) groups excluding carboxylic acids is 3. The van der Waals surface area contributed by atoms with E-state index in [9.17, 15) is 14.4 Å². The second-order valence-electron chi connectivity index (χ2n) is 7.88. The molecule has 10 heteroatoms. The summed E-state index contributed by atoms with van der Waals surface area (Å²) in [5.41, 5.74) is 4.57. The number of methoxy groups -OCH3 is 1. The Balaban J connectivity index is 1.79. The molecule has 3 heterocycles. The van der Waals surface area contributed by atoms with Crippen LogP contribution < -0.4 is 10.9 Å². The van der Waals surface area contributed by atoms with Gasteiger partial charge in [-0.1, -0.05) is 0 Å². The largest absolute Gasteiger partial charge is 0.469 e. The number of hydrogen-bond acceptors (Lipinski definition) is 8. The molecule has 2 N–H and O–H groups in total. The van der Waals surface area contributed by atoms with Crippen LogP contribution >= 0.6 is 0 Å². The fourth-order valence-corrected chi connectivity index (χ4v) is 3.99. The molecule has 0 aliphatic carbocycles. The highest BCUT2D eigenvalue weighted by Crippen LogP contribution is 2.47. The molecular weight excluding hydrogens is 366 g/mol. The molecule has 0 saturated carbocycles. The summed E-state index contributed by atoms with van der Waals surface area (Å²) in [6, 6.07) is -0.868. The number of aromatic nitrogens is 2. The second-order valence-corrected chi connectivity index (χ2v) is 7.88. The summed E-state index contributed by atoms with van der Waals surface area (Å²) in [7, 11) is 1.28. The molecule has 28 heavy (non-hydrogen) atoms. The lowest BCUT2D eigenvalue weighted by molar-refractivity contribution is -0.150. The quantitative estimate of drug-likeness (QED) is 0.578. The molecular formula is C18H25N5O5. The zero-order chi connectivity index (χ0) is 20.5. The number of carbonyl (C=O) groups is 3. The minimum atomic E-state index is -0.750. The highest BCUT2D eigenvalue weighted by molar-refractivity contribution is 5.89. The van der Waals surface area contributed by atoms with Gasteiger partial charge in [-0.2, -0.15) is 0 Å². The van der Waals surface area contributed by atoms with Gasteiger partial charge < -0.3 is 14.4 Å². The van der Waals surface area contributed by atoms with Crippen LogP contribution in [0.15, 0.2) is 18.6 Å². The standard InChI is InChI=1S/C18H25N5O5/c1-18(2,3)28-17(26)23-10-5-6-11(23)14(16(25)27-4)13(10)15(24)22-21-12-9-19-7-8-20-12/h7-11,13-14H,5-6H2,1-4H3,(H,20,21)(H,22,24)/t10-,11-,13-,14+/m0/s1. The van der Waals surface area contributed by atoms with Gasteiger partial charge in [0.05, 0.1) is 25.1 Å². The average molecular weight is 391 g/mol. The number of rotatable bonds is 4. The van der Waals surface area contributed by atoms with E-state index in [1.165, 1.54) is 30.6 Å². The Labute approximate surface area is 163 Å². The zero-order valence-electron chi connectivity index (χ0n) is 16.3. The maximum atomic E-state index is 12.9. The molecule has 2 aliphatic heterocycles. The summed E-state index contributed by atoms with van der Waals surface area (Å²) in [6.07, 6.45) is 5.14. The van der Waals surface area contributed by atoms with Gasteiger partial charge in [-0.15, -0.1) is 0 Å². The lowest BCUT2D eigenvalue weighted by atomic mass is 9.79. The third-order valence-corrected chi connectivity index (χ3v) is 4.95. The van der Waals surface area contributed by atoms with Crippen LogP contribution in [0.2, 0.25) is 0 Å². The third kappa shape index (κ3) is 3.85. The summed E-state index contributed by atoms with van der Waals surface area (Å²) < 4.78 is 10.4. The molecule has 152 valence electrons. The minimum absolute atomic E-state index is 0.359. The first kappa shape index (κ1) is 19.8. The number of anilines is 1. The van der Waals surface area contributed by atoms with Crippen molar-refractivity contribution in [3.63, 3.8) is 0 Å². The molecule has 0 aromatic carbocycles. The number of fused-ring (bicyclic) bond motifs is 2. The summed E-state index contributed by atoms with van der Waals surface area (Å²) in [6.45, 7) is 5.32. The van der Waals surface area contributed by atoms with Crippen molar-refractivity contribution < 1.29 is 23.9 Å². The first-order chi connectivity index (χ1) is 13.2. The molecule has 2 amide bonds. The van der Waals surface area contributed by atoms with E-state index in [0.717, 1.165) is 0 Å². The smallest absolute Gasteiger partial charge is 0.410 e. The number of ether oxygens (including phenoxy) is 2. The number of amides is 2. The predicted octanol–water partition coefficient (Wildman–Crippen LogP) is 1.11. The van der Waals surface area contributed by atoms with Gasteiger partial charge in [-0.3, -0.25) is 25.4 Å². The van der Waals surface area contributed by atoms with Gasteiger partial charge in [0.2, 0.25) is 5.91 Å². The molecule has 3 rings (SSSR count). The van der Waals surface area contributed by atoms with Crippen LogP contribution in [-0.2, 0) is 19.1 Å². The normalized spacial score (nSPS) is 25.9. The molecule has 10 nitrogen and oxygen atoms in total. The predicted molar refractivity (Wildman–Crippen MR) is 97.7 cm³/mol. The summed E-state index contributed by atoms with van der Waals surface area (Å²) in [5.74, 6) is -2.07. The Morgan fingerprint density at radius 1 is 1.14 bits per heavy atom. The highest BCUT2D eigenvalue weighted by atomic mass is 16.6. The molecule has 2 fully saturated rings. The summed E-state index contributed by atoms with van der Waals surface area (Å²) in [5, 5.41) is 0. The Morgan fingerprint density at radius 3 is 2.39 bits per heavy atom. The maximum Gasteiger partial charge on any atom is 0.410 e. The van der Waals surface area contributed by atoms with Crippen molar-refractivity contribution in [1.82, 2.24) is 20.3 Å². The van der Waals surface area contributed by atoms with E-state index in [2.05, 4.69) is 20.8 Å². The van der Waals surface area contributed by atoms with E-state index >= 15 is 0 Å². The number of hydrazine groups is 1. The lowest BCUT2D eigenvalue weighted by Crippen LogP contribution is -2.46. The van der Waals surface area contributed by atoms with Crippen molar-refractivity contribution in [3.05, 3.63) is 18.6 Å². The first-order valence-electron chi connectivity index (χ1n) is 9.14. The van der Waals surface area contributed by atoms with Gasteiger partial charge in [0.15, 0.2) is 5.82 Å². The van der Waals surface area contributed by atoms with Crippen LogP contribution in [0.4, 0.5) is 10.6 Å². The summed E-state index contributed by atoms with van der Waals surface area (Å²) >= 11 is 0. The molecule has 4 atom stereocenters. The van der Waals surface area contributed by atoms with Crippen LogP contribution in [-0.4, -0.2) is 57.6 Å². The fourth-order valence-electron chi connectivity index (χ4n) is 3.99. The van der Waals surface area contributed by atoms with Gasteiger partial charge in [0.25, 0.3) is 0 Å². The van der Waals surface area contributed by atoms with Gasteiger partial charge in [0, 0.05) is 24.5 Å². The topological polar surface area (TPSA) is 123 Å². The van der Waals surface area contributed by atoms with E-state index < -0.39 is 47.5 Å². The van der Waals surface area contributed by atoms with Crippen molar-refractivity contribution >= 4 is 23.8 Å². The number of hydrogen-bond donors (Lipinski definition) is 2. The molecule has 2 aliphatic rings. The lowest BCUT2D eigenvalue weighted by Gasteiger charge is -2.28. The number of esters is 1. The molecule has 1 aromatic heterocycles. The number of nitrogens with zero attached hydrogens (tertiary/aromatic N) is 3. The van der Waals surface area contributed by atoms with Crippen LogP contribution in [0.25, 0.3) is 0 Å². The van der Waals surface area contributed by atoms with Crippen LogP contribution in [0, 0.1) is 11.8 Å². The maximum absolute atomic E-state index is 12.9. The van der Waals surface area contributed by atoms with Gasteiger partial charge in [0.1, 0.15) is 5.60 Å². The Hall–Kier alpha value is -2.91. The van der Waals surface area contributed by atoms with E-state index in [-0.39, 0.29) is 0 Å². The SMILES string of the molecule is COC(=O)[C@H]1[C@@H](C(=O)NNc2cnccn2)[C@@H]2CC[C@@H]1N2C(=O)OC(C)(C)C.